The van der Waals surface area contributed by atoms with Crippen LogP contribution in [0.25, 0.3) is 0 Å². The summed E-state index contributed by atoms with van der Waals surface area (Å²) in [5, 5.41) is 0. The van der Waals surface area contributed by atoms with Gasteiger partial charge in [0.05, 0.1) is 17.6 Å². The molecule has 2 heterocycles. The molecule has 1 aromatic rings. The summed E-state index contributed by atoms with van der Waals surface area (Å²) >= 11 is 7.14. The third-order valence-electron chi connectivity index (χ3n) is 2.37. The molecule has 0 atom stereocenters. The van der Waals surface area contributed by atoms with Gasteiger partial charge in [-0.15, -0.1) is 11.3 Å². The molecule has 1 aliphatic rings. The molecule has 0 amide bonds. The van der Waals surface area contributed by atoms with Crippen LogP contribution in [0.15, 0.2) is 12.1 Å². The fraction of sp³-hybridized carbons (Fsp3) is 0.556. The van der Waals surface area contributed by atoms with Gasteiger partial charge in [0.2, 0.25) is 0 Å². The van der Waals surface area contributed by atoms with Crippen molar-refractivity contribution in [2.24, 2.45) is 0 Å². The minimum Gasteiger partial charge on any atom is -0.379 e. The maximum absolute atomic E-state index is 11.9. The molecule has 1 aliphatic heterocycles. The fourth-order valence-corrected chi connectivity index (χ4v) is 3.76. The Labute approximate surface area is 110 Å². The Morgan fingerprint density at radius 2 is 2.12 bits per heavy atom. The second kappa shape index (κ2) is 5.64. The van der Waals surface area contributed by atoms with Crippen molar-refractivity contribution in [3.05, 3.63) is 21.3 Å². The van der Waals surface area contributed by atoms with Crippen molar-refractivity contribution >= 4 is 33.1 Å². The van der Waals surface area contributed by atoms with Gasteiger partial charge in [-0.3, -0.25) is 0 Å². The van der Waals surface area contributed by atoms with E-state index in [1.54, 1.807) is 6.07 Å². The Bertz CT molecular complexity index is 468. The molecule has 0 aromatic carbocycles. The van der Waals surface area contributed by atoms with Gasteiger partial charge in [-0.2, -0.15) is 17.4 Å². The molecular formula is C9H13ClN2O3S2. The standard InChI is InChI=1S/C9H13ClN2O3S2/c10-9-2-1-8(16-9)7-11-17(13,14)12-3-5-15-6-4-12/h1-2,11H,3-7H2. The van der Waals surface area contributed by atoms with Gasteiger partial charge in [0, 0.05) is 24.5 Å². The maximum Gasteiger partial charge on any atom is 0.279 e. The van der Waals surface area contributed by atoms with Crippen molar-refractivity contribution in [2.45, 2.75) is 6.54 Å². The summed E-state index contributed by atoms with van der Waals surface area (Å²) in [6, 6.07) is 3.57. The van der Waals surface area contributed by atoms with Crippen molar-refractivity contribution in [1.29, 1.82) is 0 Å². The highest BCUT2D eigenvalue weighted by Crippen LogP contribution is 2.21. The van der Waals surface area contributed by atoms with Crippen LogP contribution in [-0.2, 0) is 21.5 Å². The Kier molecular flexibility index (Phi) is 4.40. The van der Waals surface area contributed by atoms with E-state index in [4.69, 9.17) is 16.3 Å². The molecule has 1 fully saturated rings. The predicted octanol–water partition coefficient (Wildman–Crippen LogP) is 1.07. The van der Waals surface area contributed by atoms with E-state index in [9.17, 15) is 8.42 Å². The SMILES string of the molecule is O=S(=O)(NCc1ccc(Cl)s1)N1CCOCC1. The van der Waals surface area contributed by atoms with E-state index in [-0.39, 0.29) is 6.54 Å². The van der Waals surface area contributed by atoms with Crippen molar-refractivity contribution in [1.82, 2.24) is 9.03 Å². The first-order valence-corrected chi connectivity index (χ1v) is 7.78. The van der Waals surface area contributed by atoms with Gasteiger partial charge in [-0.25, -0.2) is 0 Å². The molecular weight excluding hydrogens is 284 g/mol. The molecule has 17 heavy (non-hydrogen) atoms. The van der Waals surface area contributed by atoms with E-state index < -0.39 is 10.2 Å². The normalized spacial score (nSPS) is 18.4. The van der Waals surface area contributed by atoms with Gasteiger partial charge < -0.3 is 4.74 Å². The number of hydrogen-bond donors (Lipinski definition) is 1. The zero-order valence-corrected chi connectivity index (χ0v) is 11.4. The van der Waals surface area contributed by atoms with Crippen molar-refractivity contribution in [3.8, 4) is 0 Å². The van der Waals surface area contributed by atoms with Gasteiger partial charge in [0.1, 0.15) is 0 Å². The van der Waals surface area contributed by atoms with Gasteiger partial charge in [-0.05, 0) is 12.1 Å². The van der Waals surface area contributed by atoms with Crippen LogP contribution in [0, 0.1) is 0 Å². The van der Waals surface area contributed by atoms with Crippen molar-refractivity contribution in [3.63, 3.8) is 0 Å². The Morgan fingerprint density at radius 3 is 2.71 bits per heavy atom. The summed E-state index contributed by atoms with van der Waals surface area (Å²) in [6.07, 6.45) is 0. The summed E-state index contributed by atoms with van der Waals surface area (Å²) in [4.78, 5) is 0.895. The van der Waals surface area contributed by atoms with Crippen LogP contribution in [0.5, 0.6) is 0 Å². The third-order valence-corrected chi connectivity index (χ3v) is 5.15. The van der Waals surface area contributed by atoms with Gasteiger partial charge in [0.25, 0.3) is 10.2 Å². The van der Waals surface area contributed by atoms with Gasteiger partial charge >= 0.3 is 0 Å². The lowest BCUT2D eigenvalue weighted by Gasteiger charge is -2.25. The number of morpholine rings is 1. The number of halogens is 1. The minimum absolute atomic E-state index is 0.275. The van der Waals surface area contributed by atoms with E-state index in [0.717, 1.165) is 4.88 Å². The summed E-state index contributed by atoms with van der Waals surface area (Å²) in [5.41, 5.74) is 0. The topological polar surface area (TPSA) is 58.6 Å². The van der Waals surface area contributed by atoms with E-state index in [1.807, 2.05) is 6.07 Å². The van der Waals surface area contributed by atoms with Crippen LogP contribution in [-0.4, -0.2) is 39.0 Å². The van der Waals surface area contributed by atoms with E-state index in [1.165, 1.54) is 15.6 Å². The maximum atomic E-state index is 11.9. The summed E-state index contributed by atoms with van der Waals surface area (Å²) in [5.74, 6) is 0. The fourth-order valence-electron chi connectivity index (χ4n) is 1.49. The molecule has 8 heteroatoms. The quantitative estimate of drug-likeness (QED) is 0.904. The van der Waals surface area contributed by atoms with E-state index >= 15 is 0 Å². The Morgan fingerprint density at radius 1 is 1.41 bits per heavy atom. The smallest absolute Gasteiger partial charge is 0.279 e. The minimum atomic E-state index is -3.41. The molecule has 1 N–H and O–H groups in total. The second-order valence-corrected chi connectivity index (χ2v) is 7.10. The lowest BCUT2D eigenvalue weighted by atomic mass is 10.5. The monoisotopic (exact) mass is 296 g/mol. The number of rotatable bonds is 4. The number of nitrogens with zero attached hydrogens (tertiary/aromatic N) is 1. The summed E-state index contributed by atoms with van der Waals surface area (Å²) < 4.78 is 33.5. The highest BCUT2D eigenvalue weighted by atomic mass is 35.5. The molecule has 0 bridgehead atoms. The highest BCUT2D eigenvalue weighted by Gasteiger charge is 2.23. The number of thiophene rings is 1. The van der Waals surface area contributed by atoms with Crippen LogP contribution in [0.3, 0.4) is 0 Å². The van der Waals surface area contributed by atoms with Crippen LogP contribution in [0.4, 0.5) is 0 Å². The average Bonchev–Trinajstić information content (AvgIpc) is 2.74. The van der Waals surface area contributed by atoms with Crippen LogP contribution in [0.2, 0.25) is 4.34 Å². The molecule has 0 spiro atoms. The van der Waals surface area contributed by atoms with Crippen LogP contribution < -0.4 is 4.72 Å². The summed E-state index contributed by atoms with van der Waals surface area (Å²) in [7, 11) is -3.41. The Hall–Kier alpha value is -0.180. The predicted molar refractivity (Wildman–Crippen MR) is 67.5 cm³/mol. The Balaban J connectivity index is 1.92. The van der Waals surface area contributed by atoms with Gasteiger partial charge in [-0.1, -0.05) is 11.6 Å². The number of nitrogens with one attached hydrogen (secondary N) is 1. The number of ether oxygens (including phenoxy) is 1. The highest BCUT2D eigenvalue weighted by molar-refractivity contribution is 7.87. The molecule has 1 saturated heterocycles. The largest absolute Gasteiger partial charge is 0.379 e. The number of hydrogen-bond acceptors (Lipinski definition) is 4. The second-order valence-electron chi connectivity index (χ2n) is 3.54. The third kappa shape index (κ3) is 3.64. The van der Waals surface area contributed by atoms with E-state index in [2.05, 4.69) is 4.72 Å². The lowest BCUT2D eigenvalue weighted by Crippen LogP contribution is -2.46. The van der Waals surface area contributed by atoms with Crippen LogP contribution in [0.1, 0.15) is 4.88 Å². The molecule has 0 unspecified atom stereocenters. The van der Waals surface area contributed by atoms with Crippen molar-refractivity contribution in [2.75, 3.05) is 26.3 Å². The molecule has 0 aliphatic carbocycles. The van der Waals surface area contributed by atoms with Crippen molar-refractivity contribution < 1.29 is 13.2 Å². The molecule has 96 valence electrons. The first-order valence-electron chi connectivity index (χ1n) is 5.14. The average molecular weight is 297 g/mol. The summed E-state index contributed by atoms with van der Waals surface area (Å²) in [6.45, 7) is 1.98. The molecule has 0 radical (unpaired) electrons. The molecule has 2 rings (SSSR count). The molecule has 5 nitrogen and oxygen atoms in total. The zero-order chi connectivity index (χ0) is 12.3. The van der Waals surface area contributed by atoms with E-state index in [0.29, 0.717) is 30.6 Å². The first kappa shape index (κ1) is 13.3. The van der Waals surface area contributed by atoms with Crippen LogP contribution >= 0.6 is 22.9 Å². The molecule has 0 saturated carbocycles. The first-order chi connectivity index (χ1) is 8.08. The van der Waals surface area contributed by atoms with Gasteiger partial charge in [0.15, 0.2) is 0 Å². The molecule has 1 aromatic heterocycles. The lowest BCUT2D eigenvalue weighted by molar-refractivity contribution is 0.0725. The zero-order valence-electron chi connectivity index (χ0n) is 9.06.